The van der Waals surface area contributed by atoms with Gasteiger partial charge in [0, 0.05) is 24.7 Å². The molecule has 0 radical (unpaired) electrons. The minimum atomic E-state index is -0.537. The number of carbonyl (C=O) groups is 1. The van der Waals surface area contributed by atoms with Gasteiger partial charge in [0.05, 0.1) is 28.0 Å². The highest BCUT2D eigenvalue weighted by Crippen LogP contribution is 2.31. The third-order valence-electron chi connectivity index (χ3n) is 4.48. The molecule has 27 heavy (non-hydrogen) atoms. The monoisotopic (exact) mass is 409 g/mol. The average molecular weight is 410 g/mol. The van der Waals surface area contributed by atoms with Gasteiger partial charge >= 0.3 is 0 Å². The Balaban J connectivity index is 1.86. The van der Waals surface area contributed by atoms with Gasteiger partial charge in [-0.25, -0.2) is 20.2 Å². The maximum absolute atomic E-state index is 13.0. The summed E-state index contributed by atoms with van der Waals surface area (Å²) in [6.45, 7) is 4.17. The van der Waals surface area contributed by atoms with Crippen LogP contribution in [-0.2, 0) is 0 Å². The lowest BCUT2D eigenvalue weighted by atomic mass is 9.99. The molecule has 0 aliphatic carbocycles. The third-order valence-corrected chi connectivity index (χ3v) is 5.30. The molecule has 0 saturated heterocycles. The Labute approximate surface area is 166 Å². The summed E-state index contributed by atoms with van der Waals surface area (Å²) in [5.41, 5.74) is 2.03. The molecule has 2 heterocycles. The van der Waals surface area contributed by atoms with Crippen molar-refractivity contribution in [3.63, 3.8) is 0 Å². The van der Waals surface area contributed by atoms with Gasteiger partial charge in [-0.3, -0.25) is 9.80 Å². The number of rotatable bonds is 3. The maximum atomic E-state index is 13.0. The largest absolute Gasteiger partial charge is 0.331 e. The quantitative estimate of drug-likeness (QED) is 0.615. The van der Waals surface area contributed by atoms with E-state index < -0.39 is 5.82 Å². The van der Waals surface area contributed by atoms with Crippen LogP contribution in [0.5, 0.6) is 0 Å². The zero-order chi connectivity index (χ0) is 19.7. The molecule has 2 N–H and O–H groups in total. The van der Waals surface area contributed by atoms with Gasteiger partial charge in [0.2, 0.25) is 5.95 Å². The minimum Gasteiger partial charge on any atom is -0.331 e. The van der Waals surface area contributed by atoms with E-state index in [0.29, 0.717) is 23.6 Å². The fourth-order valence-electron chi connectivity index (χ4n) is 3.02. The Hall–Kier alpha value is -2.22. The molecule has 0 fully saturated rings. The zero-order valence-corrected chi connectivity index (χ0v) is 16.3. The second kappa shape index (κ2) is 7.80. The topological polar surface area (TPSA) is 75.3 Å². The van der Waals surface area contributed by atoms with E-state index in [1.807, 2.05) is 13.8 Å². The molecule has 9 heteroatoms. The Morgan fingerprint density at radius 3 is 2.67 bits per heavy atom. The van der Waals surface area contributed by atoms with E-state index in [0.717, 1.165) is 23.7 Å². The van der Waals surface area contributed by atoms with Crippen molar-refractivity contribution >= 4 is 35.1 Å². The number of hydrogen-bond acceptors (Lipinski definition) is 5. The highest BCUT2D eigenvalue weighted by molar-refractivity contribution is 6.43. The number of nitrogens with two attached hydrogens (primary N) is 1. The van der Waals surface area contributed by atoms with Gasteiger partial charge in [0.1, 0.15) is 0 Å². The van der Waals surface area contributed by atoms with Crippen molar-refractivity contribution in [1.82, 2.24) is 14.9 Å². The zero-order valence-electron chi connectivity index (χ0n) is 14.8. The van der Waals surface area contributed by atoms with Gasteiger partial charge in [0.15, 0.2) is 5.82 Å². The first kappa shape index (κ1) is 19.5. The second-order valence-electron chi connectivity index (χ2n) is 6.39. The Bertz CT molecular complexity index is 903. The van der Waals surface area contributed by atoms with Crippen molar-refractivity contribution in [3.8, 4) is 0 Å². The van der Waals surface area contributed by atoms with Gasteiger partial charge < -0.3 is 4.90 Å². The van der Waals surface area contributed by atoms with Crippen LogP contribution in [0.2, 0.25) is 10.0 Å². The van der Waals surface area contributed by atoms with Crippen molar-refractivity contribution in [2.45, 2.75) is 26.3 Å². The van der Waals surface area contributed by atoms with E-state index >= 15 is 0 Å². The first-order valence-corrected chi connectivity index (χ1v) is 9.01. The molecule has 0 spiro atoms. The first-order valence-electron chi connectivity index (χ1n) is 8.25. The van der Waals surface area contributed by atoms with Crippen LogP contribution in [-0.4, -0.2) is 33.4 Å². The molecule has 3 rings (SSSR count). The van der Waals surface area contributed by atoms with E-state index in [1.165, 1.54) is 5.01 Å². The van der Waals surface area contributed by atoms with Crippen LogP contribution in [0.4, 0.5) is 10.3 Å². The fourth-order valence-corrected chi connectivity index (χ4v) is 3.40. The molecule has 6 nitrogen and oxygen atoms in total. The Morgan fingerprint density at radius 1 is 1.33 bits per heavy atom. The number of benzene rings is 1. The molecule has 1 amide bonds. The summed E-state index contributed by atoms with van der Waals surface area (Å²) in [6, 6.07) is 4.84. The molecule has 1 atom stereocenters. The number of hydrogen-bond donors (Lipinski definition) is 1. The maximum Gasteiger partial charge on any atom is 0.255 e. The van der Waals surface area contributed by atoms with Gasteiger partial charge in [-0.2, -0.15) is 0 Å². The summed E-state index contributed by atoms with van der Waals surface area (Å²) in [5, 5.41) is 1.91. The normalized spacial score (nSPS) is 17.3. The van der Waals surface area contributed by atoms with Gasteiger partial charge in [-0.1, -0.05) is 29.3 Å². The molecular weight excluding hydrogens is 392 g/mol. The second-order valence-corrected chi connectivity index (χ2v) is 7.17. The summed E-state index contributed by atoms with van der Waals surface area (Å²) in [6.07, 6.45) is 2.61. The number of nitrogens with zero attached hydrogens (tertiary/aromatic N) is 4. The van der Waals surface area contributed by atoms with Crippen LogP contribution < -0.4 is 10.9 Å². The third kappa shape index (κ3) is 3.90. The highest BCUT2D eigenvalue weighted by atomic mass is 35.5. The van der Waals surface area contributed by atoms with Crippen LogP contribution in [0.1, 0.15) is 30.6 Å². The predicted octanol–water partition coefficient (Wildman–Crippen LogP) is 3.81. The van der Waals surface area contributed by atoms with Crippen molar-refractivity contribution < 1.29 is 9.18 Å². The molecule has 0 unspecified atom stereocenters. The van der Waals surface area contributed by atoms with E-state index in [-0.39, 0.29) is 22.9 Å². The van der Waals surface area contributed by atoms with Crippen molar-refractivity contribution in [2.24, 2.45) is 5.84 Å². The van der Waals surface area contributed by atoms with E-state index in [4.69, 9.17) is 29.0 Å². The van der Waals surface area contributed by atoms with Crippen LogP contribution >= 0.6 is 23.2 Å². The first-order chi connectivity index (χ1) is 12.8. The lowest BCUT2D eigenvalue weighted by molar-refractivity contribution is 0.0696. The van der Waals surface area contributed by atoms with E-state index in [1.54, 1.807) is 23.1 Å². The van der Waals surface area contributed by atoms with Gasteiger partial charge in [-0.15, -0.1) is 0 Å². The van der Waals surface area contributed by atoms with Crippen molar-refractivity contribution in [3.05, 3.63) is 63.3 Å². The molecule has 1 aliphatic rings. The molecule has 142 valence electrons. The Kier molecular flexibility index (Phi) is 5.64. The lowest BCUT2D eigenvalue weighted by Crippen LogP contribution is -2.47. The van der Waals surface area contributed by atoms with E-state index in [2.05, 4.69) is 9.97 Å². The van der Waals surface area contributed by atoms with Crippen LogP contribution in [0.15, 0.2) is 41.9 Å². The van der Waals surface area contributed by atoms with Crippen LogP contribution in [0, 0.1) is 5.82 Å². The van der Waals surface area contributed by atoms with E-state index in [9.17, 15) is 9.18 Å². The Morgan fingerprint density at radius 2 is 2.00 bits per heavy atom. The summed E-state index contributed by atoms with van der Waals surface area (Å²) in [4.78, 5) is 22.5. The minimum absolute atomic E-state index is 0.141. The average Bonchev–Trinajstić information content (AvgIpc) is 2.65. The van der Waals surface area contributed by atoms with Gasteiger partial charge in [-0.05, 0) is 31.6 Å². The fraction of sp³-hybridized carbons (Fsp3) is 0.278. The molecule has 0 saturated carbocycles. The number of halogens is 3. The van der Waals surface area contributed by atoms with Crippen LogP contribution in [0.3, 0.4) is 0 Å². The number of aromatic nitrogens is 2. The number of amides is 1. The van der Waals surface area contributed by atoms with Crippen LogP contribution in [0.25, 0.3) is 0 Å². The summed E-state index contributed by atoms with van der Waals surface area (Å²) in [5.74, 6) is 5.59. The highest BCUT2D eigenvalue weighted by Gasteiger charge is 2.31. The smallest absolute Gasteiger partial charge is 0.255 e. The van der Waals surface area contributed by atoms with Gasteiger partial charge in [0.25, 0.3) is 5.91 Å². The summed E-state index contributed by atoms with van der Waals surface area (Å²) in [7, 11) is 0. The molecule has 1 aliphatic heterocycles. The standard InChI is InChI=1S/C18H18Cl2FN5O/c1-10-9-25(17(27)13-4-3-5-14(19)16(13)20)11(2)6-15(10)26(22)18-23-7-12(21)8-24-18/h3-5,7-8,11H,6,9,22H2,1-2H3/t11-/m0/s1. The molecule has 0 bridgehead atoms. The molecule has 1 aromatic heterocycles. The summed E-state index contributed by atoms with van der Waals surface area (Å²) < 4.78 is 13.0. The number of carbonyl (C=O) groups excluding carboxylic acids is 1. The van der Waals surface area contributed by atoms with Crippen molar-refractivity contribution in [1.29, 1.82) is 0 Å². The predicted molar refractivity (Wildman–Crippen MR) is 103 cm³/mol. The van der Waals surface area contributed by atoms with Crippen molar-refractivity contribution in [2.75, 3.05) is 11.6 Å². The number of hydrazine groups is 1. The molecule has 1 aromatic carbocycles. The lowest BCUT2D eigenvalue weighted by Gasteiger charge is -2.38. The summed E-state index contributed by atoms with van der Waals surface area (Å²) >= 11 is 12.2. The SMILES string of the molecule is CC1=C(N(N)c2ncc(F)cn2)C[C@H](C)N(C(=O)c2cccc(Cl)c2Cl)C1. The molecule has 2 aromatic rings. The number of anilines is 1. The molecular formula is C18H18Cl2FN5O.